The Morgan fingerprint density at radius 2 is 1.86 bits per heavy atom. The molecule has 2 aromatic rings. The molecule has 4 nitrogen and oxygen atoms in total. The van der Waals surface area contributed by atoms with Crippen molar-refractivity contribution < 1.29 is 0 Å². The summed E-state index contributed by atoms with van der Waals surface area (Å²) < 4.78 is 0. The van der Waals surface area contributed by atoms with E-state index in [0.717, 1.165) is 17.3 Å². The molecule has 0 aliphatic carbocycles. The lowest BCUT2D eigenvalue weighted by Gasteiger charge is -2.05. The molecule has 2 heterocycles. The molecule has 0 saturated carbocycles. The lowest BCUT2D eigenvalue weighted by atomic mass is 10.4. The molecule has 0 aromatic carbocycles. The molecular weight excluding hydrogens is 176 g/mol. The van der Waals surface area contributed by atoms with Crippen LogP contribution in [0, 0.1) is 6.92 Å². The van der Waals surface area contributed by atoms with Crippen LogP contribution in [-0.2, 0) is 0 Å². The normalized spacial score (nSPS) is 9.79. The van der Waals surface area contributed by atoms with Crippen LogP contribution in [0.1, 0.15) is 5.69 Å². The fourth-order valence-corrected chi connectivity index (χ4v) is 1.09. The predicted octanol–water partition coefficient (Wildman–Crippen LogP) is 1.92. The van der Waals surface area contributed by atoms with Gasteiger partial charge in [-0.1, -0.05) is 6.07 Å². The minimum Gasteiger partial charge on any atom is -0.323 e. The van der Waals surface area contributed by atoms with Crippen molar-refractivity contribution in [1.82, 2.24) is 15.0 Å². The van der Waals surface area contributed by atoms with E-state index >= 15 is 0 Å². The van der Waals surface area contributed by atoms with Gasteiger partial charge in [0.25, 0.3) is 0 Å². The number of aromatic nitrogens is 3. The summed E-state index contributed by atoms with van der Waals surface area (Å²) in [6.07, 6.45) is 5.05. The van der Waals surface area contributed by atoms with Gasteiger partial charge in [-0.25, -0.2) is 9.97 Å². The smallest absolute Gasteiger partial charge is 0.152 e. The summed E-state index contributed by atoms with van der Waals surface area (Å²) in [6.45, 7) is 1.90. The number of hydrogen-bond acceptors (Lipinski definition) is 4. The molecule has 0 aliphatic heterocycles. The molecule has 0 saturated heterocycles. The van der Waals surface area contributed by atoms with Crippen LogP contribution in [0.15, 0.2) is 36.8 Å². The molecule has 0 amide bonds. The largest absolute Gasteiger partial charge is 0.323 e. The third kappa shape index (κ3) is 1.85. The van der Waals surface area contributed by atoms with Gasteiger partial charge in [-0.3, -0.25) is 4.98 Å². The number of anilines is 2. The molecule has 0 bridgehead atoms. The highest BCUT2D eigenvalue weighted by Crippen LogP contribution is 2.12. The Hall–Kier alpha value is -1.97. The molecule has 4 heteroatoms. The number of nitrogens with zero attached hydrogens (tertiary/aromatic N) is 3. The Labute approximate surface area is 82.1 Å². The molecule has 1 N–H and O–H groups in total. The van der Waals surface area contributed by atoms with Crippen LogP contribution < -0.4 is 5.32 Å². The van der Waals surface area contributed by atoms with Crippen LogP contribution in [0.5, 0.6) is 0 Å². The molecule has 0 spiro atoms. The number of pyridine rings is 1. The van der Waals surface area contributed by atoms with Gasteiger partial charge >= 0.3 is 0 Å². The predicted molar refractivity (Wildman–Crippen MR) is 54.3 cm³/mol. The third-order valence-corrected chi connectivity index (χ3v) is 1.79. The first-order valence-corrected chi connectivity index (χ1v) is 4.32. The van der Waals surface area contributed by atoms with Gasteiger partial charge in [0.15, 0.2) is 5.82 Å². The van der Waals surface area contributed by atoms with E-state index in [1.165, 1.54) is 0 Å². The molecule has 0 aliphatic rings. The molecule has 2 rings (SSSR count). The van der Waals surface area contributed by atoms with Crippen molar-refractivity contribution in [3.8, 4) is 0 Å². The second kappa shape index (κ2) is 3.83. The van der Waals surface area contributed by atoms with E-state index in [1.54, 1.807) is 18.6 Å². The Kier molecular flexibility index (Phi) is 2.36. The van der Waals surface area contributed by atoms with Gasteiger partial charge in [0, 0.05) is 18.6 Å². The zero-order valence-electron chi connectivity index (χ0n) is 7.81. The second-order valence-corrected chi connectivity index (χ2v) is 2.83. The molecular formula is C10H10N4. The number of rotatable bonds is 2. The first-order chi connectivity index (χ1) is 6.86. The molecule has 0 atom stereocenters. The van der Waals surface area contributed by atoms with Gasteiger partial charge in [-0.05, 0) is 19.1 Å². The van der Waals surface area contributed by atoms with E-state index in [-0.39, 0.29) is 0 Å². The summed E-state index contributed by atoms with van der Waals surface area (Å²) in [5.74, 6) is 1.52. The van der Waals surface area contributed by atoms with Gasteiger partial charge in [-0.2, -0.15) is 0 Å². The number of hydrogen-bond donors (Lipinski definition) is 1. The highest BCUT2D eigenvalue weighted by molar-refractivity contribution is 5.52. The first kappa shape index (κ1) is 8.62. The maximum absolute atomic E-state index is 4.16. The first-order valence-electron chi connectivity index (χ1n) is 4.32. The summed E-state index contributed by atoms with van der Waals surface area (Å²) >= 11 is 0. The standard InChI is InChI=1S/C10H10N4/c1-8-10(13-7-6-11-8)14-9-4-2-3-5-12-9/h2-7H,1H3,(H,12,13,14). The minimum atomic E-state index is 0.742. The zero-order valence-corrected chi connectivity index (χ0v) is 7.81. The second-order valence-electron chi connectivity index (χ2n) is 2.83. The Morgan fingerprint density at radius 1 is 1.00 bits per heavy atom. The Balaban J connectivity index is 2.24. The Bertz CT molecular complexity index is 413. The average Bonchev–Trinajstić information content (AvgIpc) is 2.23. The van der Waals surface area contributed by atoms with Crippen molar-refractivity contribution in [2.45, 2.75) is 6.92 Å². The van der Waals surface area contributed by atoms with Crippen LogP contribution in [0.4, 0.5) is 11.6 Å². The summed E-state index contributed by atoms with van der Waals surface area (Å²) in [6, 6.07) is 5.67. The average molecular weight is 186 g/mol. The van der Waals surface area contributed by atoms with Gasteiger partial charge < -0.3 is 5.32 Å². The van der Waals surface area contributed by atoms with Crippen LogP contribution in [-0.4, -0.2) is 15.0 Å². The SMILES string of the molecule is Cc1nccnc1Nc1ccccn1. The maximum atomic E-state index is 4.16. The van der Waals surface area contributed by atoms with Crippen LogP contribution in [0.3, 0.4) is 0 Å². The van der Waals surface area contributed by atoms with Crippen molar-refractivity contribution in [2.24, 2.45) is 0 Å². The Morgan fingerprint density at radius 3 is 2.57 bits per heavy atom. The van der Waals surface area contributed by atoms with Crippen molar-refractivity contribution in [2.75, 3.05) is 5.32 Å². The molecule has 0 fully saturated rings. The summed E-state index contributed by atoms with van der Waals surface area (Å²) in [7, 11) is 0. The topological polar surface area (TPSA) is 50.7 Å². The van der Waals surface area contributed by atoms with Crippen molar-refractivity contribution in [3.63, 3.8) is 0 Å². The monoisotopic (exact) mass is 186 g/mol. The quantitative estimate of drug-likeness (QED) is 0.778. The fraction of sp³-hybridized carbons (Fsp3) is 0.100. The van der Waals surface area contributed by atoms with Crippen LogP contribution in [0.25, 0.3) is 0 Å². The summed E-state index contributed by atoms with van der Waals surface area (Å²) in [4.78, 5) is 12.4. The van der Waals surface area contributed by atoms with E-state index < -0.39 is 0 Å². The molecule has 2 aromatic heterocycles. The summed E-state index contributed by atoms with van der Waals surface area (Å²) in [5.41, 5.74) is 0.859. The maximum Gasteiger partial charge on any atom is 0.152 e. The van der Waals surface area contributed by atoms with Crippen molar-refractivity contribution >= 4 is 11.6 Å². The molecule has 14 heavy (non-hydrogen) atoms. The van der Waals surface area contributed by atoms with Gasteiger partial charge in [0.2, 0.25) is 0 Å². The van der Waals surface area contributed by atoms with E-state index in [2.05, 4.69) is 20.3 Å². The van der Waals surface area contributed by atoms with Crippen molar-refractivity contribution in [3.05, 3.63) is 42.5 Å². The van der Waals surface area contributed by atoms with Gasteiger partial charge in [0.05, 0.1) is 5.69 Å². The lowest BCUT2D eigenvalue weighted by Crippen LogP contribution is -1.98. The molecule has 0 radical (unpaired) electrons. The number of nitrogens with one attached hydrogen (secondary N) is 1. The summed E-state index contributed by atoms with van der Waals surface area (Å²) in [5, 5.41) is 3.09. The van der Waals surface area contributed by atoms with E-state index in [9.17, 15) is 0 Å². The zero-order chi connectivity index (χ0) is 9.80. The van der Waals surface area contributed by atoms with Crippen LogP contribution >= 0.6 is 0 Å². The van der Waals surface area contributed by atoms with E-state index in [0.29, 0.717) is 0 Å². The van der Waals surface area contributed by atoms with E-state index in [4.69, 9.17) is 0 Å². The molecule has 70 valence electrons. The lowest BCUT2D eigenvalue weighted by molar-refractivity contribution is 1.11. The van der Waals surface area contributed by atoms with Gasteiger partial charge in [0.1, 0.15) is 5.82 Å². The van der Waals surface area contributed by atoms with Gasteiger partial charge in [-0.15, -0.1) is 0 Å². The highest BCUT2D eigenvalue weighted by atomic mass is 15.1. The number of aryl methyl sites for hydroxylation is 1. The third-order valence-electron chi connectivity index (χ3n) is 1.79. The van der Waals surface area contributed by atoms with Crippen molar-refractivity contribution in [1.29, 1.82) is 0 Å². The fourth-order valence-electron chi connectivity index (χ4n) is 1.09. The van der Waals surface area contributed by atoms with Crippen LogP contribution in [0.2, 0.25) is 0 Å². The molecule has 0 unspecified atom stereocenters. The minimum absolute atomic E-state index is 0.742. The van der Waals surface area contributed by atoms with E-state index in [1.807, 2.05) is 25.1 Å². The highest BCUT2D eigenvalue weighted by Gasteiger charge is 1.99.